The van der Waals surface area contributed by atoms with Crippen LogP contribution in [0.2, 0.25) is 0 Å². The second kappa shape index (κ2) is 13.5. The van der Waals surface area contributed by atoms with Crippen LogP contribution in [0.4, 0.5) is 8.78 Å². The molecule has 0 aromatic heterocycles. The van der Waals surface area contributed by atoms with E-state index >= 15 is 0 Å². The van der Waals surface area contributed by atoms with Crippen LogP contribution in [0.15, 0.2) is 73.3 Å². The summed E-state index contributed by atoms with van der Waals surface area (Å²) in [5, 5.41) is 0. The molecule has 0 heterocycles. The number of hydrogen-bond acceptors (Lipinski definition) is 1. The summed E-state index contributed by atoms with van der Waals surface area (Å²) < 4.78 is 34.6. The molecular weight excluding hydrogens is 462 g/mol. The number of allylic oxidation sites excluding steroid dienone is 3. The highest BCUT2D eigenvalue weighted by molar-refractivity contribution is 5.28. The monoisotopic (exact) mass is 506 g/mol. The highest BCUT2D eigenvalue weighted by Crippen LogP contribution is 2.39. The Morgan fingerprint density at radius 2 is 1.41 bits per heavy atom. The van der Waals surface area contributed by atoms with Gasteiger partial charge < -0.3 is 4.74 Å². The van der Waals surface area contributed by atoms with Gasteiger partial charge in [-0.15, -0.1) is 6.58 Å². The molecule has 0 bridgehead atoms. The van der Waals surface area contributed by atoms with Gasteiger partial charge in [-0.1, -0.05) is 66.8 Å². The summed E-state index contributed by atoms with van der Waals surface area (Å²) in [7, 11) is 0. The zero-order valence-electron chi connectivity index (χ0n) is 22.5. The molecule has 2 aliphatic carbocycles. The topological polar surface area (TPSA) is 9.23 Å². The van der Waals surface area contributed by atoms with Gasteiger partial charge in [0.25, 0.3) is 0 Å². The maximum atomic E-state index is 14.8. The van der Waals surface area contributed by atoms with Crippen LogP contribution < -0.4 is 0 Å². The van der Waals surface area contributed by atoms with Crippen LogP contribution in [0.1, 0.15) is 105 Å². The molecule has 2 aliphatic rings. The molecule has 0 atom stereocenters. The van der Waals surface area contributed by atoms with Crippen molar-refractivity contribution in [2.24, 2.45) is 11.8 Å². The van der Waals surface area contributed by atoms with Crippen LogP contribution in [-0.2, 0) is 17.3 Å². The third-order valence-corrected chi connectivity index (χ3v) is 8.77. The van der Waals surface area contributed by atoms with Crippen LogP contribution in [-0.4, -0.2) is 6.61 Å². The molecule has 0 saturated heterocycles. The summed E-state index contributed by atoms with van der Waals surface area (Å²) in [6.45, 7) is 6.00. The van der Waals surface area contributed by atoms with Gasteiger partial charge in [-0.3, -0.25) is 0 Å². The van der Waals surface area contributed by atoms with Crippen molar-refractivity contribution in [2.75, 3.05) is 6.61 Å². The predicted molar refractivity (Wildman–Crippen MR) is 150 cm³/mol. The quantitative estimate of drug-likeness (QED) is 0.275. The standard InChI is InChI=1S/C34H44F2O/c1-3-5-6-7-27-10-16-31(17-11-27)32-20-22-33(23-21-32)34(35,36)37-25-24-28-12-18-30(19-13-28)29-14-8-26(4-2)9-15-29/h3-5,12-13,18-23,26-27,29,31H,2,6-11,14-17,24-25H2,1H3/b5-3+/t26-,27-,29-,31-. The SMILES string of the molecule is C=C[C@H]1CC[C@H](c2ccc(CCOC(F)(F)c3ccc([C@H]4CC[C@H](CC/C=C/C)CC4)cc3)cc2)CC1. The van der Waals surface area contributed by atoms with Crippen molar-refractivity contribution in [3.05, 3.63) is 95.6 Å². The molecule has 0 N–H and O–H groups in total. The molecule has 3 heteroatoms. The Hall–Kier alpha value is -2.26. The van der Waals surface area contributed by atoms with Gasteiger partial charge in [-0.2, -0.15) is 8.78 Å². The number of hydrogen-bond donors (Lipinski definition) is 0. The van der Waals surface area contributed by atoms with Crippen LogP contribution in [0, 0.1) is 11.8 Å². The number of alkyl halides is 2. The molecule has 0 spiro atoms. The molecule has 4 rings (SSSR count). The summed E-state index contributed by atoms with van der Waals surface area (Å²) in [4.78, 5) is 0. The van der Waals surface area contributed by atoms with E-state index in [1.807, 2.05) is 12.1 Å². The highest BCUT2D eigenvalue weighted by Gasteiger charge is 2.33. The smallest absolute Gasteiger partial charge is 0.316 e. The molecule has 0 amide bonds. The predicted octanol–water partition coefficient (Wildman–Crippen LogP) is 10.1. The fraction of sp³-hybridized carbons (Fsp3) is 0.529. The van der Waals surface area contributed by atoms with E-state index in [0.29, 0.717) is 24.2 Å². The first-order chi connectivity index (χ1) is 18.0. The van der Waals surface area contributed by atoms with Crippen molar-refractivity contribution in [3.8, 4) is 0 Å². The van der Waals surface area contributed by atoms with E-state index in [2.05, 4.69) is 56.0 Å². The molecule has 37 heavy (non-hydrogen) atoms. The van der Waals surface area contributed by atoms with E-state index in [-0.39, 0.29) is 12.2 Å². The maximum absolute atomic E-state index is 14.8. The van der Waals surface area contributed by atoms with E-state index in [1.165, 1.54) is 56.1 Å². The molecular formula is C34H44F2O. The molecule has 2 aromatic carbocycles. The van der Waals surface area contributed by atoms with Gasteiger partial charge >= 0.3 is 6.11 Å². The van der Waals surface area contributed by atoms with Crippen LogP contribution in [0.5, 0.6) is 0 Å². The normalized spacial score (nSPS) is 24.8. The third-order valence-electron chi connectivity index (χ3n) is 8.77. The Labute approximate surface area is 223 Å². The van der Waals surface area contributed by atoms with Crippen LogP contribution >= 0.6 is 0 Å². The van der Waals surface area contributed by atoms with Gasteiger partial charge in [0.05, 0.1) is 12.2 Å². The number of halogens is 2. The average Bonchev–Trinajstić information content (AvgIpc) is 2.94. The maximum Gasteiger partial charge on any atom is 0.383 e. The Morgan fingerprint density at radius 1 is 0.838 bits per heavy atom. The van der Waals surface area contributed by atoms with Crippen molar-refractivity contribution < 1.29 is 13.5 Å². The van der Waals surface area contributed by atoms with E-state index < -0.39 is 6.11 Å². The van der Waals surface area contributed by atoms with Crippen molar-refractivity contribution in [2.45, 2.75) is 95.5 Å². The van der Waals surface area contributed by atoms with E-state index in [4.69, 9.17) is 4.74 Å². The van der Waals surface area contributed by atoms with Gasteiger partial charge in [0.15, 0.2) is 0 Å². The Kier molecular flexibility index (Phi) is 10.1. The first kappa shape index (κ1) is 27.8. The number of benzene rings is 2. The fourth-order valence-corrected chi connectivity index (χ4v) is 6.26. The molecule has 1 nitrogen and oxygen atoms in total. The lowest BCUT2D eigenvalue weighted by Crippen LogP contribution is -2.20. The Bertz CT molecular complexity index is 975. The molecule has 200 valence electrons. The Morgan fingerprint density at radius 3 is 1.97 bits per heavy atom. The van der Waals surface area contributed by atoms with Crippen molar-refractivity contribution in [1.82, 2.24) is 0 Å². The van der Waals surface area contributed by atoms with Crippen molar-refractivity contribution in [1.29, 1.82) is 0 Å². The summed E-state index contributed by atoms with van der Waals surface area (Å²) in [5.41, 5.74) is 3.53. The largest absolute Gasteiger partial charge is 0.383 e. The van der Waals surface area contributed by atoms with Crippen molar-refractivity contribution in [3.63, 3.8) is 0 Å². The first-order valence-electron chi connectivity index (χ1n) is 14.4. The number of rotatable bonds is 11. The third kappa shape index (κ3) is 7.87. The molecule has 2 saturated carbocycles. The minimum Gasteiger partial charge on any atom is -0.316 e. The van der Waals surface area contributed by atoms with Gasteiger partial charge in [-0.25, -0.2) is 0 Å². The second-order valence-electron chi connectivity index (χ2n) is 11.2. The van der Waals surface area contributed by atoms with Gasteiger partial charge in [-0.05, 0) is 118 Å². The molecule has 0 unspecified atom stereocenters. The molecule has 0 aliphatic heterocycles. The molecule has 0 radical (unpaired) electrons. The summed E-state index contributed by atoms with van der Waals surface area (Å²) in [6, 6.07) is 15.4. The lowest BCUT2D eigenvalue weighted by molar-refractivity contribution is -0.248. The van der Waals surface area contributed by atoms with Crippen molar-refractivity contribution >= 4 is 0 Å². The minimum atomic E-state index is -3.27. The van der Waals surface area contributed by atoms with E-state index in [9.17, 15) is 8.78 Å². The van der Waals surface area contributed by atoms with Gasteiger partial charge in [0.2, 0.25) is 0 Å². The second-order valence-corrected chi connectivity index (χ2v) is 11.2. The molecule has 2 aromatic rings. The zero-order valence-corrected chi connectivity index (χ0v) is 22.5. The van der Waals surface area contributed by atoms with Gasteiger partial charge in [0, 0.05) is 0 Å². The Balaban J connectivity index is 1.22. The van der Waals surface area contributed by atoms with E-state index in [0.717, 1.165) is 30.7 Å². The number of ether oxygens (including phenoxy) is 1. The summed E-state index contributed by atoms with van der Waals surface area (Å²) >= 11 is 0. The minimum absolute atomic E-state index is 0.00419. The lowest BCUT2D eigenvalue weighted by atomic mass is 9.77. The zero-order chi connectivity index (χ0) is 26.1. The summed E-state index contributed by atoms with van der Waals surface area (Å²) in [6.07, 6.45) is 15.7. The van der Waals surface area contributed by atoms with Crippen LogP contribution in [0.25, 0.3) is 0 Å². The molecule has 2 fully saturated rings. The van der Waals surface area contributed by atoms with Crippen LogP contribution in [0.3, 0.4) is 0 Å². The highest BCUT2D eigenvalue weighted by atomic mass is 19.3. The van der Waals surface area contributed by atoms with Gasteiger partial charge in [0.1, 0.15) is 0 Å². The summed E-state index contributed by atoms with van der Waals surface area (Å²) in [5.74, 6) is 2.55. The van der Waals surface area contributed by atoms with E-state index in [1.54, 1.807) is 12.1 Å². The first-order valence-corrected chi connectivity index (χ1v) is 14.4. The average molecular weight is 507 g/mol. The lowest BCUT2D eigenvalue weighted by Gasteiger charge is -2.29. The fourth-order valence-electron chi connectivity index (χ4n) is 6.26.